The molecule has 34 heavy (non-hydrogen) atoms. The van der Waals surface area contributed by atoms with E-state index < -0.39 is 11.6 Å². The van der Waals surface area contributed by atoms with E-state index in [9.17, 15) is 13.6 Å². The lowest BCUT2D eigenvalue weighted by Gasteiger charge is -2.37. The number of aromatic amines is 1. The van der Waals surface area contributed by atoms with Crippen LogP contribution in [0.25, 0.3) is 16.6 Å². The summed E-state index contributed by atoms with van der Waals surface area (Å²) in [7, 11) is 0. The number of fused-ring (bicyclic) bond motifs is 2. The lowest BCUT2D eigenvalue weighted by molar-refractivity contribution is 0.0682. The molecule has 0 saturated carbocycles. The molecule has 1 N–H and O–H groups in total. The highest BCUT2D eigenvalue weighted by Crippen LogP contribution is 2.36. The fourth-order valence-electron chi connectivity index (χ4n) is 5.18. The first-order valence-electron chi connectivity index (χ1n) is 11.4. The minimum atomic E-state index is -0.643. The van der Waals surface area contributed by atoms with Gasteiger partial charge in [0.2, 0.25) is 0 Å². The van der Waals surface area contributed by atoms with Gasteiger partial charge in [-0.3, -0.25) is 9.89 Å². The van der Waals surface area contributed by atoms with Crippen molar-refractivity contribution in [3.63, 3.8) is 0 Å². The number of nitrogens with zero attached hydrogens (tertiary/aromatic N) is 4. The first kappa shape index (κ1) is 22.3. The molecule has 0 fully saturated rings. The summed E-state index contributed by atoms with van der Waals surface area (Å²) >= 11 is 0. The number of nitrogens with one attached hydrogen (secondary N) is 1. The van der Waals surface area contributed by atoms with Crippen molar-refractivity contribution in [3.05, 3.63) is 76.4 Å². The Kier molecular flexibility index (Phi) is 5.07. The fourth-order valence-corrected chi connectivity index (χ4v) is 5.18. The zero-order valence-corrected chi connectivity index (χ0v) is 19.9. The molecule has 8 heteroatoms. The predicted octanol–water partition coefficient (Wildman–Crippen LogP) is 5.37. The van der Waals surface area contributed by atoms with E-state index in [4.69, 9.17) is 0 Å². The minimum Gasteiger partial charge on any atom is -0.333 e. The number of halogens is 2. The van der Waals surface area contributed by atoms with E-state index in [1.54, 1.807) is 29.8 Å². The maximum absolute atomic E-state index is 14.7. The van der Waals surface area contributed by atoms with Crippen molar-refractivity contribution in [3.8, 4) is 11.1 Å². The highest BCUT2D eigenvalue weighted by Gasteiger charge is 2.37. The summed E-state index contributed by atoms with van der Waals surface area (Å²) in [5.41, 5.74) is 4.40. The highest BCUT2D eigenvalue weighted by atomic mass is 19.1. The van der Waals surface area contributed by atoms with Gasteiger partial charge in [-0.15, -0.1) is 0 Å². The molecule has 1 aromatic carbocycles. The van der Waals surface area contributed by atoms with Crippen LogP contribution in [-0.2, 0) is 12.0 Å². The van der Waals surface area contributed by atoms with Crippen LogP contribution >= 0.6 is 0 Å². The number of hydrogen-bond acceptors (Lipinski definition) is 3. The molecule has 5 rings (SSSR count). The molecule has 0 unspecified atom stereocenters. The van der Waals surface area contributed by atoms with Crippen molar-refractivity contribution in [2.45, 2.75) is 52.5 Å². The van der Waals surface area contributed by atoms with Crippen molar-refractivity contribution in [2.75, 3.05) is 6.54 Å². The molecule has 1 aliphatic rings. The van der Waals surface area contributed by atoms with Gasteiger partial charge in [0.1, 0.15) is 11.6 Å². The topological polar surface area (TPSA) is 66.3 Å². The first-order valence-corrected chi connectivity index (χ1v) is 11.4. The minimum absolute atomic E-state index is 0.0532. The molecule has 6 nitrogen and oxygen atoms in total. The third kappa shape index (κ3) is 3.31. The zero-order chi connectivity index (χ0) is 24.4. The van der Waals surface area contributed by atoms with E-state index in [1.807, 2.05) is 18.7 Å². The molecule has 1 aliphatic heterocycles. The number of aromatic nitrogens is 4. The zero-order valence-electron chi connectivity index (χ0n) is 19.9. The van der Waals surface area contributed by atoms with Gasteiger partial charge in [-0.2, -0.15) is 10.2 Å². The molecular weight excluding hydrogens is 436 g/mol. The number of benzene rings is 1. The molecule has 0 bridgehead atoms. The second-order valence-electron chi connectivity index (χ2n) is 9.96. The van der Waals surface area contributed by atoms with E-state index in [1.165, 1.54) is 18.2 Å². The Hall–Kier alpha value is -3.55. The molecule has 0 radical (unpaired) electrons. The van der Waals surface area contributed by atoms with Crippen molar-refractivity contribution in [1.82, 2.24) is 24.7 Å². The van der Waals surface area contributed by atoms with Crippen molar-refractivity contribution in [1.29, 1.82) is 0 Å². The monoisotopic (exact) mass is 463 g/mol. The van der Waals surface area contributed by atoms with Gasteiger partial charge in [0.05, 0.1) is 34.2 Å². The predicted molar refractivity (Wildman–Crippen MR) is 126 cm³/mol. The van der Waals surface area contributed by atoms with Crippen LogP contribution in [0.1, 0.15) is 66.6 Å². The van der Waals surface area contributed by atoms with Crippen LogP contribution in [0.4, 0.5) is 8.78 Å². The molecular formula is C26H27F2N5O. The lowest BCUT2D eigenvalue weighted by Crippen LogP contribution is -2.45. The first-order chi connectivity index (χ1) is 16.1. The standard InChI is InChI=1S/C26H27F2N5O/c1-14(2)23-17(25(34)32-12-16-11-29-30-24(16)26(4,5)13-32)9-10-20-21(15(3)31-33(20)23)22-18(27)7-6-8-19(22)28/h6-11,14H,12-13H2,1-5H3,(H,29,30). The number of aryl methyl sites for hydroxylation is 1. The number of rotatable bonds is 3. The number of pyridine rings is 1. The van der Waals surface area contributed by atoms with Gasteiger partial charge in [0, 0.05) is 35.3 Å². The van der Waals surface area contributed by atoms with E-state index in [0.717, 1.165) is 11.3 Å². The molecule has 176 valence electrons. The Balaban J connectivity index is 1.65. The Labute approximate surface area is 196 Å². The summed E-state index contributed by atoms with van der Waals surface area (Å²) in [4.78, 5) is 15.6. The smallest absolute Gasteiger partial charge is 0.256 e. The van der Waals surface area contributed by atoms with Gasteiger partial charge >= 0.3 is 0 Å². The van der Waals surface area contributed by atoms with Crippen LogP contribution in [0.15, 0.2) is 36.5 Å². The molecule has 4 aromatic rings. The average molecular weight is 464 g/mol. The normalized spacial score (nSPS) is 15.2. The van der Waals surface area contributed by atoms with Crippen LogP contribution in [-0.4, -0.2) is 37.2 Å². The summed E-state index contributed by atoms with van der Waals surface area (Å²) in [5, 5.41) is 11.9. The Morgan fingerprint density at radius 1 is 1.12 bits per heavy atom. The van der Waals surface area contributed by atoms with Crippen LogP contribution in [0, 0.1) is 18.6 Å². The summed E-state index contributed by atoms with van der Waals surface area (Å²) in [6, 6.07) is 7.32. The third-order valence-corrected chi connectivity index (χ3v) is 6.63. The Bertz CT molecular complexity index is 1410. The van der Waals surface area contributed by atoms with Crippen molar-refractivity contribution >= 4 is 11.4 Å². The number of carbonyl (C=O) groups is 1. The van der Waals surface area contributed by atoms with Gasteiger partial charge in [-0.1, -0.05) is 33.8 Å². The number of carbonyl (C=O) groups excluding carboxylic acids is 1. The summed E-state index contributed by atoms with van der Waals surface area (Å²) in [6.07, 6.45) is 1.77. The van der Waals surface area contributed by atoms with Gasteiger partial charge in [0.25, 0.3) is 5.91 Å². The van der Waals surface area contributed by atoms with Crippen molar-refractivity contribution < 1.29 is 13.6 Å². The van der Waals surface area contributed by atoms with Crippen LogP contribution < -0.4 is 0 Å². The molecule has 4 heterocycles. The maximum atomic E-state index is 14.7. The quantitative estimate of drug-likeness (QED) is 0.444. The van der Waals surface area contributed by atoms with E-state index in [0.29, 0.717) is 41.1 Å². The van der Waals surface area contributed by atoms with Crippen LogP contribution in [0.3, 0.4) is 0 Å². The molecule has 3 aromatic heterocycles. The molecule has 0 aliphatic carbocycles. The summed E-state index contributed by atoms with van der Waals surface area (Å²) in [6.45, 7) is 10.9. The second kappa shape index (κ2) is 7.75. The number of hydrogen-bond donors (Lipinski definition) is 1. The Morgan fingerprint density at radius 2 is 1.82 bits per heavy atom. The van der Waals surface area contributed by atoms with E-state index >= 15 is 0 Å². The summed E-state index contributed by atoms with van der Waals surface area (Å²) in [5.74, 6) is -1.44. The maximum Gasteiger partial charge on any atom is 0.256 e. The van der Waals surface area contributed by atoms with Crippen LogP contribution in [0.5, 0.6) is 0 Å². The van der Waals surface area contributed by atoms with Gasteiger partial charge in [-0.25, -0.2) is 13.3 Å². The SMILES string of the molecule is Cc1nn2c(C(C)C)c(C(=O)N3Cc4cn[nH]c4C(C)(C)C3)ccc2c1-c1c(F)cccc1F. The van der Waals surface area contributed by atoms with E-state index in [2.05, 4.69) is 29.1 Å². The average Bonchev–Trinajstić information content (AvgIpc) is 3.37. The molecule has 1 amide bonds. The summed E-state index contributed by atoms with van der Waals surface area (Å²) < 4.78 is 31.0. The van der Waals surface area contributed by atoms with Crippen molar-refractivity contribution in [2.24, 2.45) is 0 Å². The van der Waals surface area contributed by atoms with Crippen LogP contribution in [0.2, 0.25) is 0 Å². The van der Waals surface area contributed by atoms with Gasteiger partial charge in [-0.05, 0) is 37.1 Å². The fraction of sp³-hybridized carbons (Fsp3) is 0.346. The van der Waals surface area contributed by atoms with Gasteiger partial charge in [0.15, 0.2) is 0 Å². The molecule has 0 atom stereocenters. The third-order valence-electron chi connectivity index (χ3n) is 6.63. The molecule has 0 spiro atoms. The largest absolute Gasteiger partial charge is 0.333 e. The highest BCUT2D eigenvalue weighted by molar-refractivity contribution is 5.97. The van der Waals surface area contributed by atoms with E-state index in [-0.39, 0.29) is 22.8 Å². The van der Waals surface area contributed by atoms with Gasteiger partial charge < -0.3 is 4.90 Å². The lowest BCUT2D eigenvalue weighted by atomic mass is 9.83. The number of amides is 1. The number of H-pyrrole nitrogens is 1. The second-order valence-corrected chi connectivity index (χ2v) is 9.96. The molecule has 0 saturated heterocycles. The Morgan fingerprint density at radius 3 is 2.50 bits per heavy atom.